The van der Waals surface area contributed by atoms with Crippen LogP contribution in [0.2, 0.25) is 0 Å². The molecule has 16 heavy (non-hydrogen) atoms. The molecule has 0 spiro atoms. The second kappa shape index (κ2) is 4.95. The van der Waals surface area contributed by atoms with Gasteiger partial charge in [0.25, 0.3) is 0 Å². The SMILES string of the molecule is CC(C)C1CCN(c2ncc(C=O)s2)CC1. The summed E-state index contributed by atoms with van der Waals surface area (Å²) >= 11 is 1.50. The highest BCUT2D eigenvalue weighted by Gasteiger charge is 2.22. The van der Waals surface area contributed by atoms with Crippen LogP contribution < -0.4 is 4.90 Å². The zero-order chi connectivity index (χ0) is 11.5. The van der Waals surface area contributed by atoms with Crippen molar-refractivity contribution >= 4 is 22.8 Å². The van der Waals surface area contributed by atoms with E-state index < -0.39 is 0 Å². The number of nitrogens with zero attached hydrogens (tertiary/aromatic N) is 2. The number of hydrogen-bond donors (Lipinski definition) is 0. The Morgan fingerprint density at radius 3 is 2.69 bits per heavy atom. The molecule has 1 aliphatic heterocycles. The van der Waals surface area contributed by atoms with Gasteiger partial charge in [0.05, 0.1) is 11.1 Å². The first-order valence-corrected chi connectivity index (χ1v) is 6.68. The molecule has 0 amide bonds. The highest BCUT2D eigenvalue weighted by Crippen LogP contribution is 2.29. The molecule has 0 atom stereocenters. The maximum absolute atomic E-state index is 10.6. The number of carbonyl (C=O) groups is 1. The van der Waals surface area contributed by atoms with Gasteiger partial charge in [0, 0.05) is 13.1 Å². The van der Waals surface area contributed by atoms with E-state index in [0.29, 0.717) is 0 Å². The van der Waals surface area contributed by atoms with Gasteiger partial charge in [-0.25, -0.2) is 4.98 Å². The first-order valence-electron chi connectivity index (χ1n) is 5.86. The zero-order valence-electron chi connectivity index (χ0n) is 9.85. The highest BCUT2D eigenvalue weighted by molar-refractivity contribution is 7.17. The van der Waals surface area contributed by atoms with E-state index >= 15 is 0 Å². The Morgan fingerprint density at radius 1 is 1.50 bits per heavy atom. The van der Waals surface area contributed by atoms with Gasteiger partial charge in [-0.3, -0.25) is 4.79 Å². The minimum absolute atomic E-state index is 0.723. The van der Waals surface area contributed by atoms with Gasteiger partial charge >= 0.3 is 0 Å². The molecule has 0 saturated carbocycles. The zero-order valence-corrected chi connectivity index (χ0v) is 10.7. The molecule has 0 aromatic carbocycles. The lowest BCUT2D eigenvalue weighted by molar-refractivity contribution is 0.112. The summed E-state index contributed by atoms with van der Waals surface area (Å²) in [6.45, 7) is 6.76. The molecule has 2 heterocycles. The molecule has 0 bridgehead atoms. The lowest BCUT2D eigenvalue weighted by Gasteiger charge is -2.33. The molecule has 1 aromatic heterocycles. The number of aldehydes is 1. The van der Waals surface area contributed by atoms with Crippen LogP contribution in [0.25, 0.3) is 0 Å². The lowest BCUT2D eigenvalue weighted by atomic mass is 9.87. The Kier molecular flexibility index (Phi) is 3.59. The number of aromatic nitrogens is 1. The van der Waals surface area contributed by atoms with Crippen molar-refractivity contribution < 1.29 is 4.79 Å². The van der Waals surface area contributed by atoms with E-state index in [4.69, 9.17) is 0 Å². The molecule has 1 fully saturated rings. The van der Waals surface area contributed by atoms with Crippen LogP contribution in [0.15, 0.2) is 6.20 Å². The summed E-state index contributed by atoms with van der Waals surface area (Å²) < 4.78 is 0. The van der Waals surface area contributed by atoms with E-state index in [-0.39, 0.29) is 0 Å². The van der Waals surface area contributed by atoms with Crippen molar-refractivity contribution in [3.8, 4) is 0 Å². The third-order valence-corrected chi connectivity index (χ3v) is 4.36. The Hall–Kier alpha value is -0.900. The monoisotopic (exact) mass is 238 g/mol. The molecule has 0 unspecified atom stereocenters. The number of hydrogen-bond acceptors (Lipinski definition) is 4. The fraction of sp³-hybridized carbons (Fsp3) is 0.667. The Balaban J connectivity index is 1.96. The number of rotatable bonds is 3. The van der Waals surface area contributed by atoms with Crippen LogP contribution in [0.4, 0.5) is 5.13 Å². The molecular formula is C12H18N2OS. The van der Waals surface area contributed by atoms with Crippen molar-refractivity contribution in [2.75, 3.05) is 18.0 Å². The van der Waals surface area contributed by atoms with Crippen LogP contribution in [-0.4, -0.2) is 24.4 Å². The molecule has 0 radical (unpaired) electrons. The number of anilines is 1. The van der Waals surface area contributed by atoms with Crippen molar-refractivity contribution in [2.24, 2.45) is 11.8 Å². The highest BCUT2D eigenvalue weighted by atomic mass is 32.1. The second-order valence-corrected chi connectivity index (χ2v) is 5.77. The van der Waals surface area contributed by atoms with Crippen LogP contribution >= 0.6 is 11.3 Å². The molecule has 1 aromatic rings. The summed E-state index contributed by atoms with van der Waals surface area (Å²) in [5.41, 5.74) is 0. The van der Waals surface area contributed by atoms with E-state index in [0.717, 1.165) is 41.2 Å². The predicted octanol–water partition coefficient (Wildman–Crippen LogP) is 2.83. The van der Waals surface area contributed by atoms with E-state index in [9.17, 15) is 4.79 Å². The average molecular weight is 238 g/mol. The van der Waals surface area contributed by atoms with E-state index in [1.807, 2.05) is 0 Å². The summed E-state index contributed by atoms with van der Waals surface area (Å²) in [6.07, 6.45) is 5.03. The quantitative estimate of drug-likeness (QED) is 0.759. The largest absolute Gasteiger partial charge is 0.348 e. The van der Waals surface area contributed by atoms with Gasteiger partial charge in [0.15, 0.2) is 11.4 Å². The smallest absolute Gasteiger partial charge is 0.185 e. The Bertz CT molecular complexity index is 354. The van der Waals surface area contributed by atoms with E-state index in [1.165, 1.54) is 24.2 Å². The molecule has 0 N–H and O–H groups in total. The van der Waals surface area contributed by atoms with Crippen LogP contribution in [0.1, 0.15) is 36.4 Å². The van der Waals surface area contributed by atoms with Gasteiger partial charge in [0.2, 0.25) is 0 Å². The van der Waals surface area contributed by atoms with Gasteiger partial charge in [-0.15, -0.1) is 0 Å². The predicted molar refractivity (Wildman–Crippen MR) is 67.3 cm³/mol. The first kappa shape index (κ1) is 11.6. The molecule has 1 aliphatic rings. The number of carbonyl (C=O) groups excluding carboxylic acids is 1. The van der Waals surface area contributed by atoms with Crippen molar-refractivity contribution in [2.45, 2.75) is 26.7 Å². The van der Waals surface area contributed by atoms with Crippen LogP contribution in [0.3, 0.4) is 0 Å². The summed E-state index contributed by atoms with van der Waals surface area (Å²) in [5.74, 6) is 1.63. The van der Waals surface area contributed by atoms with Crippen molar-refractivity contribution in [1.29, 1.82) is 0 Å². The first-order chi connectivity index (χ1) is 7.70. The van der Waals surface area contributed by atoms with Gasteiger partial charge in [-0.1, -0.05) is 25.2 Å². The second-order valence-electron chi connectivity index (χ2n) is 4.73. The van der Waals surface area contributed by atoms with Gasteiger partial charge in [0.1, 0.15) is 0 Å². The lowest BCUT2D eigenvalue weighted by Crippen LogP contribution is -2.35. The molecule has 88 valence electrons. The fourth-order valence-corrected chi connectivity index (χ4v) is 3.02. The van der Waals surface area contributed by atoms with E-state index in [2.05, 4.69) is 23.7 Å². The number of piperidine rings is 1. The minimum atomic E-state index is 0.723. The topological polar surface area (TPSA) is 33.2 Å². The molecule has 1 saturated heterocycles. The molecule has 3 nitrogen and oxygen atoms in total. The molecular weight excluding hydrogens is 220 g/mol. The van der Waals surface area contributed by atoms with E-state index in [1.54, 1.807) is 6.20 Å². The maximum atomic E-state index is 10.6. The van der Waals surface area contributed by atoms with Crippen LogP contribution in [-0.2, 0) is 0 Å². The molecule has 0 aliphatic carbocycles. The Morgan fingerprint density at radius 2 is 2.19 bits per heavy atom. The fourth-order valence-electron chi connectivity index (χ4n) is 2.24. The van der Waals surface area contributed by atoms with Gasteiger partial charge < -0.3 is 4.90 Å². The third-order valence-electron chi connectivity index (χ3n) is 3.38. The minimum Gasteiger partial charge on any atom is -0.348 e. The van der Waals surface area contributed by atoms with Crippen molar-refractivity contribution in [1.82, 2.24) is 4.98 Å². The van der Waals surface area contributed by atoms with Crippen molar-refractivity contribution in [3.63, 3.8) is 0 Å². The van der Waals surface area contributed by atoms with Crippen LogP contribution in [0, 0.1) is 11.8 Å². The Labute approximate surface area is 100 Å². The van der Waals surface area contributed by atoms with Crippen LogP contribution in [0.5, 0.6) is 0 Å². The normalized spacial score (nSPS) is 18.1. The third kappa shape index (κ3) is 2.43. The summed E-state index contributed by atoms with van der Waals surface area (Å²) in [4.78, 5) is 17.9. The van der Waals surface area contributed by atoms with Crippen molar-refractivity contribution in [3.05, 3.63) is 11.1 Å². The molecule has 4 heteroatoms. The number of thiazole rings is 1. The standard InChI is InChI=1S/C12H18N2OS/c1-9(2)10-3-5-14(6-4-10)12-13-7-11(8-15)16-12/h7-10H,3-6H2,1-2H3. The summed E-state index contributed by atoms with van der Waals surface area (Å²) in [7, 11) is 0. The summed E-state index contributed by atoms with van der Waals surface area (Å²) in [5, 5.41) is 1.00. The van der Waals surface area contributed by atoms with Gasteiger partial charge in [-0.05, 0) is 24.7 Å². The summed E-state index contributed by atoms with van der Waals surface area (Å²) in [6, 6.07) is 0. The average Bonchev–Trinajstić information content (AvgIpc) is 2.77. The van der Waals surface area contributed by atoms with Gasteiger partial charge in [-0.2, -0.15) is 0 Å². The molecule has 2 rings (SSSR count). The maximum Gasteiger partial charge on any atom is 0.185 e.